The Hall–Kier alpha value is -2.76. The van der Waals surface area contributed by atoms with Gasteiger partial charge in [-0.15, -0.1) is 0 Å². The minimum atomic E-state index is -0.175. The molecule has 1 aliphatic heterocycles. The summed E-state index contributed by atoms with van der Waals surface area (Å²) in [7, 11) is 1.75. The van der Waals surface area contributed by atoms with E-state index < -0.39 is 0 Å². The van der Waals surface area contributed by atoms with E-state index >= 15 is 0 Å². The normalized spacial score (nSPS) is 15.6. The summed E-state index contributed by atoms with van der Waals surface area (Å²) in [6.45, 7) is 1.44. The van der Waals surface area contributed by atoms with E-state index in [1.807, 2.05) is 42.5 Å². The Morgan fingerprint density at radius 1 is 1.25 bits per heavy atom. The van der Waals surface area contributed by atoms with Crippen LogP contribution in [0.1, 0.15) is 5.69 Å². The molecule has 0 spiro atoms. The number of rotatable bonds is 5. The minimum absolute atomic E-state index is 0.131. The summed E-state index contributed by atoms with van der Waals surface area (Å²) in [6.07, 6.45) is 2.28. The van der Waals surface area contributed by atoms with Crippen molar-refractivity contribution in [3.8, 4) is 11.5 Å². The van der Waals surface area contributed by atoms with Crippen LogP contribution in [0.25, 0.3) is 0 Å². The van der Waals surface area contributed by atoms with Crippen LogP contribution >= 0.6 is 0 Å². The van der Waals surface area contributed by atoms with Gasteiger partial charge < -0.3 is 19.7 Å². The number of carbonyl (C=O) groups is 1. The third-order valence-corrected chi connectivity index (χ3v) is 3.78. The number of benzene rings is 1. The first-order chi connectivity index (χ1) is 11.7. The van der Waals surface area contributed by atoms with E-state index in [9.17, 15) is 4.79 Å². The van der Waals surface area contributed by atoms with E-state index in [0.717, 1.165) is 17.2 Å². The van der Waals surface area contributed by atoms with Gasteiger partial charge in [-0.3, -0.25) is 4.98 Å². The number of ether oxygens (including phenoxy) is 2. The predicted molar refractivity (Wildman–Crippen MR) is 90.3 cm³/mol. The standard InChI is InChI=1S/C18H21N3O3/c1-21(18(22)20-11-9-14-6-4-5-10-19-14)12-15-13-23-16-7-2-3-8-17(16)24-15/h2-8,10,15H,9,11-13H2,1H3,(H,20,22)/t15-/m0/s1. The highest BCUT2D eigenvalue weighted by Gasteiger charge is 2.23. The van der Waals surface area contributed by atoms with Gasteiger partial charge in [0.05, 0.1) is 6.54 Å². The average Bonchev–Trinajstić information content (AvgIpc) is 2.62. The quantitative estimate of drug-likeness (QED) is 0.913. The number of fused-ring (bicyclic) bond motifs is 1. The molecule has 2 amide bonds. The third-order valence-electron chi connectivity index (χ3n) is 3.78. The zero-order valence-corrected chi connectivity index (χ0v) is 13.6. The van der Waals surface area contributed by atoms with Crippen molar-refractivity contribution in [3.05, 3.63) is 54.4 Å². The zero-order chi connectivity index (χ0) is 16.8. The summed E-state index contributed by atoms with van der Waals surface area (Å²) in [5.41, 5.74) is 0.959. The van der Waals surface area contributed by atoms with Gasteiger partial charge >= 0.3 is 6.03 Å². The lowest BCUT2D eigenvalue weighted by Crippen LogP contribution is -2.45. The topological polar surface area (TPSA) is 63.7 Å². The molecule has 2 heterocycles. The van der Waals surface area contributed by atoms with Gasteiger partial charge in [-0.25, -0.2) is 4.79 Å². The molecule has 1 atom stereocenters. The first-order valence-electron chi connectivity index (χ1n) is 8.00. The molecule has 1 aromatic carbocycles. The molecule has 3 rings (SSSR count). The van der Waals surface area contributed by atoms with Crippen LogP contribution in [0.15, 0.2) is 48.7 Å². The Balaban J connectivity index is 1.43. The molecule has 126 valence electrons. The molecule has 0 aliphatic carbocycles. The fourth-order valence-electron chi connectivity index (χ4n) is 2.52. The number of para-hydroxylation sites is 2. The number of pyridine rings is 1. The highest BCUT2D eigenvalue weighted by Crippen LogP contribution is 2.30. The van der Waals surface area contributed by atoms with Gasteiger partial charge in [-0.1, -0.05) is 18.2 Å². The van der Waals surface area contributed by atoms with Crippen molar-refractivity contribution in [3.63, 3.8) is 0 Å². The lowest BCUT2D eigenvalue weighted by Gasteiger charge is -2.29. The van der Waals surface area contributed by atoms with Crippen molar-refractivity contribution in [2.75, 3.05) is 26.7 Å². The third kappa shape index (κ3) is 4.16. The van der Waals surface area contributed by atoms with Gasteiger partial charge in [0.2, 0.25) is 0 Å². The van der Waals surface area contributed by atoms with Crippen molar-refractivity contribution in [1.29, 1.82) is 0 Å². The van der Waals surface area contributed by atoms with E-state index in [-0.39, 0.29) is 12.1 Å². The first kappa shape index (κ1) is 16.1. The van der Waals surface area contributed by atoms with Crippen LogP contribution in [0.5, 0.6) is 11.5 Å². The number of nitrogens with one attached hydrogen (secondary N) is 1. The Morgan fingerprint density at radius 3 is 2.83 bits per heavy atom. The number of hydrogen-bond donors (Lipinski definition) is 1. The molecule has 0 saturated carbocycles. The van der Waals surface area contributed by atoms with Crippen LogP contribution in [0.2, 0.25) is 0 Å². The van der Waals surface area contributed by atoms with Crippen molar-refractivity contribution in [2.24, 2.45) is 0 Å². The molecule has 2 aromatic rings. The van der Waals surface area contributed by atoms with E-state index in [2.05, 4.69) is 10.3 Å². The second-order valence-corrected chi connectivity index (χ2v) is 5.68. The average molecular weight is 327 g/mol. The first-order valence-corrected chi connectivity index (χ1v) is 8.00. The summed E-state index contributed by atoms with van der Waals surface area (Å²) in [4.78, 5) is 18.0. The van der Waals surface area contributed by atoms with Gasteiger partial charge in [0, 0.05) is 31.9 Å². The molecule has 24 heavy (non-hydrogen) atoms. The van der Waals surface area contributed by atoms with Gasteiger partial charge in [-0.2, -0.15) is 0 Å². The number of nitrogens with zero attached hydrogens (tertiary/aromatic N) is 2. The molecule has 6 nitrogen and oxygen atoms in total. The van der Waals surface area contributed by atoms with Crippen LogP contribution in [0, 0.1) is 0 Å². The summed E-state index contributed by atoms with van der Waals surface area (Å²) >= 11 is 0. The van der Waals surface area contributed by atoms with Crippen molar-refractivity contribution in [2.45, 2.75) is 12.5 Å². The van der Waals surface area contributed by atoms with Gasteiger partial charge in [-0.05, 0) is 24.3 Å². The lowest BCUT2D eigenvalue weighted by molar-refractivity contribution is 0.0716. The molecule has 0 bridgehead atoms. The second-order valence-electron chi connectivity index (χ2n) is 5.68. The van der Waals surface area contributed by atoms with Gasteiger partial charge in [0.1, 0.15) is 6.61 Å². The number of urea groups is 1. The van der Waals surface area contributed by atoms with E-state index in [1.54, 1.807) is 18.1 Å². The van der Waals surface area contributed by atoms with Crippen molar-refractivity contribution >= 4 is 6.03 Å². The molecular formula is C18H21N3O3. The lowest BCUT2D eigenvalue weighted by atomic mass is 10.2. The van der Waals surface area contributed by atoms with Crippen LogP contribution in [-0.4, -0.2) is 48.8 Å². The molecule has 6 heteroatoms. The maximum atomic E-state index is 12.2. The summed E-state index contributed by atoms with van der Waals surface area (Å²) in [6, 6.07) is 13.2. The highest BCUT2D eigenvalue weighted by molar-refractivity contribution is 5.73. The number of carbonyl (C=O) groups excluding carboxylic acids is 1. The van der Waals surface area contributed by atoms with E-state index in [0.29, 0.717) is 26.1 Å². The van der Waals surface area contributed by atoms with Crippen molar-refractivity contribution < 1.29 is 14.3 Å². The number of amides is 2. The van der Waals surface area contributed by atoms with Crippen LogP contribution in [0.3, 0.4) is 0 Å². The monoisotopic (exact) mass is 327 g/mol. The molecule has 1 aliphatic rings. The van der Waals surface area contributed by atoms with Crippen molar-refractivity contribution in [1.82, 2.24) is 15.2 Å². The number of aromatic nitrogens is 1. The van der Waals surface area contributed by atoms with Gasteiger partial charge in [0.15, 0.2) is 17.6 Å². The minimum Gasteiger partial charge on any atom is -0.486 e. The fourth-order valence-corrected chi connectivity index (χ4v) is 2.52. The molecule has 1 N–H and O–H groups in total. The second kappa shape index (κ2) is 7.68. The Kier molecular flexibility index (Phi) is 5.15. The number of likely N-dealkylation sites (N-methyl/N-ethyl adjacent to an activating group) is 1. The number of hydrogen-bond acceptors (Lipinski definition) is 4. The largest absolute Gasteiger partial charge is 0.486 e. The Morgan fingerprint density at radius 2 is 2.04 bits per heavy atom. The van der Waals surface area contributed by atoms with Crippen LogP contribution in [0.4, 0.5) is 4.79 Å². The molecular weight excluding hydrogens is 306 g/mol. The molecule has 0 unspecified atom stereocenters. The fraction of sp³-hybridized carbons (Fsp3) is 0.333. The Labute approximate surface area is 141 Å². The van der Waals surface area contributed by atoms with Crippen LogP contribution < -0.4 is 14.8 Å². The maximum Gasteiger partial charge on any atom is 0.317 e. The Bertz CT molecular complexity index is 678. The highest BCUT2D eigenvalue weighted by atomic mass is 16.6. The van der Waals surface area contributed by atoms with Crippen LogP contribution in [-0.2, 0) is 6.42 Å². The molecule has 1 aromatic heterocycles. The molecule has 0 fully saturated rings. The maximum absolute atomic E-state index is 12.2. The predicted octanol–water partition coefficient (Wildman–Crippen LogP) is 2.11. The molecule has 0 saturated heterocycles. The summed E-state index contributed by atoms with van der Waals surface area (Å²) in [5, 5.41) is 2.89. The van der Waals surface area contributed by atoms with E-state index in [1.165, 1.54) is 0 Å². The zero-order valence-electron chi connectivity index (χ0n) is 13.6. The van der Waals surface area contributed by atoms with E-state index in [4.69, 9.17) is 9.47 Å². The molecule has 0 radical (unpaired) electrons. The summed E-state index contributed by atoms with van der Waals surface area (Å²) < 4.78 is 11.5. The van der Waals surface area contributed by atoms with Gasteiger partial charge in [0.25, 0.3) is 0 Å². The smallest absolute Gasteiger partial charge is 0.317 e. The SMILES string of the molecule is CN(C[C@H]1COc2ccccc2O1)C(=O)NCCc1ccccn1. The summed E-state index contributed by atoms with van der Waals surface area (Å²) in [5.74, 6) is 1.47.